The summed E-state index contributed by atoms with van der Waals surface area (Å²) in [5.41, 5.74) is 2.57. The molecule has 4 rings (SSSR count). The molecule has 182 valence electrons. The van der Waals surface area contributed by atoms with Gasteiger partial charge in [0.25, 0.3) is 0 Å². The second-order valence-electron chi connectivity index (χ2n) is 10.9. The molecule has 3 heterocycles. The predicted molar refractivity (Wildman–Crippen MR) is 134 cm³/mol. The fourth-order valence-electron chi connectivity index (χ4n) is 6.67. The van der Waals surface area contributed by atoms with E-state index in [0.29, 0.717) is 24.0 Å². The highest BCUT2D eigenvalue weighted by molar-refractivity contribution is 5.94. The summed E-state index contributed by atoms with van der Waals surface area (Å²) in [6.07, 6.45) is 7.59. The van der Waals surface area contributed by atoms with E-state index in [-0.39, 0.29) is 17.2 Å². The van der Waals surface area contributed by atoms with Crippen LogP contribution >= 0.6 is 0 Å². The van der Waals surface area contributed by atoms with Gasteiger partial charge in [-0.3, -0.25) is 9.59 Å². The Morgan fingerprint density at radius 2 is 1.79 bits per heavy atom. The summed E-state index contributed by atoms with van der Waals surface area (Å²) in [4.78, 5) is 32.3. The van der Waals surface area contributed by atoms with Crippen LogP contribution in [0.5, 0.6) is 0 Å². The van der Waals surface area contributed by atoms with Crippen LogP contribution in [0.4, 0.5) is 5.69 Å². The first-order chi connectivity index (χ1) is 15.8. The van der Waals surface area contributed by atoms with E-state index in [4.69, 9.17) is 0 Å². The predicted octanol–water partition coefficient (Wildman–Crippen LogP) is 4.98. The molecule has 3 aliphatic rings. The molecule has 3 aliphatic heterocycles. The summed E-state index contributed by atoms with van der Waals surface area (Å²) in [6, 6.07) is 9.78. The molecule has 0 aliphatic carbocycles. The van der Waals surface area contributed by atoms with Gasteiger partial charge in [0, 0.05) is 48.6 Å². The van der Waals surface area contributed by atoms with Crippen molar-refractivity contribution in [2.45, 2.75) is 103 Å². The molecule has 1 spiro atoms. The van der Waals surface area contributed by atoms with Crippen LogP contribution in [0.15, 0.2) is 24.3 Å². The molecule has 0 N–H and O–H groups in total. The lowest BCUT2D eigenvalue weighted by Crippen LogP contribution is -2.51. The van der Waals surface area contributed by atoms with Crippen LogP contribution in [0.1, 0.15) is 85.1 Å². The Balaban J connectivity index is 1.44. The van der Waals surface area contributed by atoms with Crippen LogP contribution in [0.3, 0.4) is 0 Å². The van der Waals surface area contributed by atoms with E-state index in [2.05, 4.69) is 55.7 Å². The number of fused-ring (bicyclic) bond motifs is 2. The lowest BCUT2D eigenvalue weighted by Gasteiger charge is -2.44. The molecule has 2 fully saturated rings. The summed E-state index contributed by atoms with van der Waals surface area (Å²) >= 11 is 0. The first-order valence-corrected chi connectivity index (χ1v) is 13.2. The molecular weight excluding hydrogens is 410 g/mol. The largest absolute Gasteiger partial charge is 0.337 e. The van der Waals surface area contributed by atoms with E-state index < -0.39 is 0 Å². The number of likely N-dealkylation sites (tertiary alicyclic amines) is 2. The molecule has 5 heteroatoms. The molecule has 2 saturated heterocycles. The summed E-state index contributed by atoms with van der Waals surface area (Å²) in [6.45, 7) is 13.4. The van der Waals surface area contributed by atoms with Gasteiger partial charge >= 0.3 is 0 Å². The molecule has 1 aromatic carbocycles. The number of rotatable bonds is 6. The second-order valence-corrected chi connectivity index (χ2v) is 10.9. The minimum absolute atomic E-state index is 0.0947. The Morgan fingerprint density at radius 3 is 2.42 bits per heavy atom. The minimum atomic E-state index is 0.0947. The van der Waals surface area contributed by atoms with Gasteiger partial charge in [-0.2, -0.15) is 0 Å². The number of piperidine rings is 1. The smallest absolute Gasteiger partial charge is 0.225 e. The minimum Gasteiger partial charge on any atom is -0.337 e. The number of amides is 2. The Hall–Kier alpha value is -1.88. The third-order valence-corrected chi connectivity index (χ3v) is 8.97. The lowest BCUT2D eigenvalue weighted by atomic mass is 9.74. The zero-order chi connectivity index (χ0) is 23.8. The van der Waals surface area contributed by atoms with Gasteiger partial charge in [-0.25, -0.2) is 0 Å². The molecule has 0 radical (unpaired) electrons. The third kappa shape index (κ3) is 4.45. The molecular formula is C28H43N3O2. The van der Waals surface area contributed by atoms with Crippen molar-refractivity contribution in [1.29, 1.82) is 0 Å². The number of para-hydroxylation sites is 1. The van der Waals surface area contributed by atoms with Crippen molar-refractivity contribution >= 4 is 17.5 Å². The van der Waals surface area contributed by atoms with Crippen molar-refractivity contribution in [3.63, 3.8) is 0 Å². The highest BCUT2D eigenvalue weighted by atomic mass is 16.2. The molecule has 5 nitrogen and oxygen atoms in total. The van der Waals surface area contributed by atoms with E-state index >= 15 is 0 Å². The van der Waals surface area contributed by atoms with E-state index in [1.165, 1.54) is 5.56 Å². The van der Waals surface area contributed by atoms with Gasteiger partial charge in [0.2, 0.25) is 11.8 Å². The van der Waals surface area contributed by atoms with Crippen molar-refractivity contribution < 1.29 is 9.59 Å². The molecule has 4 unspecified atom stereocenters. The second kappa shape index (κ2) is 9.77. The number of benzene rings is 1. The van der Waals surface area contributed by atoms with Crippen LogP contribution in [0, 0.1) is 5.92 Å². The van der Waals surface area contributed by atoms with Gasteiger partial charge in [0.05, 0.1) is 0 Å². The standard InChI is InChI=1S/C28H43N3O2/c1-6-20(3)27(33)31-21(4)12-13-24(31)18-23(7-2)29-16-14-28(15-17-29)19-30(22(5)32)26-11-9-8-10-25(26)28/h8-11,20-21,23-24H,6-7,12-19H2,1-5H3. The Labute approximate surface area is 200 Å². The van der Waals surface area contributed by atoms with Crippen molar-refractivity contribution in [2.24, 2.45) is 5.92 Å². The fraction of sp³-hybridized carbons (Fsp3) is 0.714. The highest BCUT2D eigenvalue weighted by Gasteiger charge is 2.46. The average Bonchev–Trinajstić information content (AvgIpc) is 3.35. The lowest BCUT2D eigenvalue weighted by molar-refractivity contribution is -0.138. The van der Waals surface area contributed by atoms with Crippen LogP contribution in [0.2, 0.25) is 0 Å². The van der Waals surface area contributed by atoms with Gasteiger partial charge in [-0.15, -0.1) is 0 Å². The van der Waals surface area contributed by atoms with Crippen molar-refractivity contribution in [2.75, 3.05) is 24.5 Å². The SMILES string of the molecule is CCC(C)C(=O)N1C(C)CCC1CC(CC)N1CCC2(CC1)CN(C(C)=O)c1ccccc12. The number of carbonyl (C=O) groups excluding carboxylic acids is 2. The number of nitrogens with zero attached hydrogens (tertiary/aromatic N) is 3. The maximum atomic E-state index is 13.1. The molecule has 1 aromatic rings. The zero-order valence-electron chi connectivity index (χ0n) is 21.3. The van der Waals surface area contributed by atoms with Crippen molar-refractivity contribution in [3.05, 3.63) is 29.8 Å². The van der Waals surface area contributed by atoms with Gasteiger partial charge < -0.3 is 14.7 Å². The van der Waals surface area contributed by atoms with Gasteiger partial charge in [-0.05, 0) is 76.6 Å². The van der Waals surface area contributed by atoms with Crippen LogP contribution in [-0.2, 0) is 15.0 Å². The summed E-state index contributed by atoms with van der Waals surface area (Å²) in [7, 11) is 0. The Kier molecular flexibility index (Phi) is 7.18. The molecule has 2 amide bonds. The van der Waals surface area contributed by atoms with E-state index in [0.717, 1.165) is 70.3 Å². The molecule has 4 atom stereocenters. The molecule has 0 saturated carbocycles. The van der Waals surface area contributed by atoms with Crippen LogP contribution < -0.4 is 4.90 Å². The van der Waals surface area contributed by atoms with Gasteiger partial charge in [0.15, 0.2) is 0 Å². The summed E-state index contributed by atoms with van der Waals surface area (Å²) in [5, 5.41) is 0. The fourth-order valence-corrected chi connectivity index (χ4v) is 6.67. The monoisotopic (exact) mass is 453 g/mol. The maximum Gasteiger partial charge on any atom is 0.225 e. The van der Waals surface area contributed by atoms with Crippen LogP contribution in [-0.4, -0.2) is 59.4 Å². The number of hydrogen-bond donors (Lipinski definition) is 0. The first-order valence-electron chi connectivity index (χ1n) is 13.2. The highest BCUT2D eigenvalue weighted by Crippen LogP contribution is 2.47. The van der Waals surface area contributed by atoms with E-state index in [1.54, 1.807) is 6.92 Å². The number of hydrogen-bond acceptors (Lipinski definition) is 3. The van der Waals surface area contributed by atoms with Gasteiger partial charge in [0.1, 0.15) is 0 Å². The quantitative estimate of drug-likeness (QED) is 0.610. The summed E-state index contributed by atoms with van der Waals surface area (Å²) < 4.78 is 0. The van der Waals surface area contributed by atoms with E-state index in [1.807, 2.05) is 11.0 Å². The summed E-state index contributed by atoms with van der Waals surface area (Å²) in [5.74, 6) is 0.621. The van der Waals surface area contributed by atoms with Gasteiger partial charge in [-0.1, -0.05) is 39.0 Å². The molecule has 0 bridgehead atoms. The van der Waals surface area contributed by atoms with Crippen molar-refractivity contribution in [1.82, 2.24) is 9.80 Å². The van der Waals surface area contributed by atoms with Crippen LogP contribution in [0.25, 0.3) is 0 Å². The molecule has 0 aromatic heterocycles. The zero-order valence-corrected chi connectivity index (χ0v) is 21.3. The normalized spacial score (nSPS) is 26.5. The van der Waals surface area contributed by atoms with Crippen molar-refractivity contribution in [3.8, 4) is 0 Å². The number of carbonyl (C=O) groups is 2. The Morgan fingerprint density at radius 1 is 1.09 bits per heavy atom. The topological polar surface area (TPSA) is 43.9 Å². The average molecular weight is 454 g/mol. The van der Waals surface area contributed by atoms with E-state index in [9.17, 15) is 9.59 Å². The third-order valence-electron chi connectivity index (χ3n) is 8.97. The molecule has 33 heavy (non-hydrogen) atoms. The first kappa shape index (κ1) is 24.3. The number of anilines is 1. The Bertz CT molecular complexity index is 860. The maximum absolute atomic E-state index is 13.1.